The Hall–Kier alpha value is -4.10. The molecular formula is C19H19F3N8O3. The van der Waals surface area contributed by atoms with Gasteiger partial charge in [-0.05, 0) is 12.1 Å². The summed E-state index contributed by atoms with van der Waals surface area (Å²) >= 11 is 0. The molecule has 0 unspecified atom stereocenters. The lowest BCUT2D eigenvalue weighted by Gasteiger charge is -2.14. The highest BCUT2D eigenvalue weighted by molar-refractivity contribution is 6.06. The number of amides is 3. The van der Waals surface area contributed by atoms with Crippen LogP contribution in [0.1, 0.15) is 10.5 Å². The van der Waals surface area contributed by atoms with Crippen LogP contribution in [0.15, 0.2) is 35.2 Å². The molecule has 1 fully saturated rings. The standard InChI is InChI=1S/C19H19F3N8O3/c1-28-5-6-30(18(28)32)15-12(8-29(2)27-15)25-16(31)13-9-33-17(26-13)11-3-4-23-14(7-11)24-10-19(20,21)22/h3-4,7-9H,5-6,10H2,1-2H3,(H,23,24)(H,25,31). The van der Waals surface area contributed by atoms with Gasteiger partial charge in [-0.3, -0.25) is 14.4 Å². The van der Waals surface area contributed by atoms with Gasteiger partial charge < -0.3 is 20.0 Å². The van der Waals surface area contributed by atoms with E-state index in [9.17, 15) is 22.8 Å². The third-order valence-electron chi connectivity index (χ3n) is 4.74. The number of carbonyl (C=O) groups is 2. The third kappa shape index (κ3) is 4.88. The molecule has 174 valence electrons. The van der Waals surface area contributed by atoms with Crippen LogP contribution in [0.4, 0.5) is 35.3 Å². The molecule has 0 aromatic carbocycles. The van der Waals surface area contributed by atoms with Gasteiger partial charge in [0.25, 0.3) is 5.91 Å². The number of alkyl halides is 3. The van der Waals surface area contributed by atoms with Gasteiger partial charge in [-0.2, -0.15) is 18.3 Å². The predicted molar refractivity (Wildman–Crippen MR) is 111 cm³/mol. The zero-order chi connectivity index (χ0) is 23.8. The Bertz CT molecular complexity index is 1190. The minimum atomic E-state index is -4.40. The summed E-state index contributed by atoms with van der Waals surface area (Å²) in [5, 5.41) is 9.10. The molecule has 11 nitrogen and oxygen atoms in total. The molecule has 0 radical (unpaired) electrons. The van der Waals surface area contributed by atoms with Gasteiger partial charge in [0.2, 0.25) is 5.89 Å². The van der Waals surface area contributed by atoms with Crippen molar-refractivity contribution in [1.29, 1.82) is 0 Å². The summed E-state index contributed by atoms with van der Waals surface area (Å²) in [7, 11) is 3.33. The number of anilines is 3. The van der Waals surface area contributed by atoms with Crippen molar-refractivity contribution in [3.05, 3.63) is 36.5 Å². The normalized spacial score (nSPS) is 14.2. The number of aromatic nitrogens is 4. The first-order valence-corrected chi connectivity index (χ1v) is 9.71. The van der Waals surface area contributed by atoms with Gasteiger partial charge in [-0.1, -0.05) is 0 Å². The smallest absolute Gasteiger partial charge is 0.405 e. The van der Waals surface area contributed by atoms with E-state index in [1.807, 2.05) is 0 Å². The molecule has 0 saturated carbocycles. The van der Waals surface area contributed by atoms with Crippen LogP contribution in [0.2, 0.25) is 0 Å². The molecule has 1 aliphatic rings. The number of likely N-dealkylation sites (N-methyl/N-ethyl adjacent to an activating group) is 1. The summed E-state index contributed by atoms with van der Waals surface area (Å²) in [4.78, 5) is 36.0. The molecule has 0 spiro atoms. The molecule has 14 heteroatoms. The zero-order valence-corrected chi connectivity index (χ0v) is 17.5. The van der Waals surface area contributed by atoms with E-state index in [1.165, 1.54) is 32.8 Å². The fourth-order valence-electron chi connectivity index (χ4n) is 3.16. The summed E-state index contributed by atoms with van der Waals surface area (Å²) in [6, 6.07) is 2.58. The molecule has 4 heterocycles. The SMILES string of the molecule is CN1CCN(c2nn(C)cc2NC(=O)c2coc(-c3ccnc(NCC(F)(F)F)c3)n2)C1=O. The first-order valence-electron chi connectivity index (χ1n) is 9.71. The number of rotatable bonds is 6. The highest BCUT2D eigenvalue weighted by Crippen LogP contribution is 2.28. The van der Waals surface area contributed by atoms with Gasteiger partial charge in [-0.25, -0.2) is 14.8 Å². The average molecular weight is 464 g/mol. The molecular weight excluding hydrogens is 445 g/mol. The van der Waals surface area contributed by atoms with Crippen LogP contribution in [0.3, 0.4) is 0 Å². The second kappa shape index (κ2) is 8.44. The van der Waals surface area contributed by atoms with E-state index in [0.29, 0.717) is 30.2 Å². The molecule has 3 aromatic heterocycles. The molecule has 33 heavy (non-hydrogen) atoms. The van der Waals surface area contributed by atoms with E-state index in [-0.39, 0.29) is 23.4 Å². The topological polar surface area (TPSA) is 121 Å². The maximum Gasteiger partial charge on any atom is 0.405 e. The molecule has 0 aliphatic carbocycles. The number of hydrogen-bond acceptors (Lipinski definition) is 7. The monoisotopic (exact) mass is 464 g/mol. The van der Waals surface area contributed by atoms with Gasteiger partial charge in [-0.15, -0.1) is 0 Å². The lowest BCUT2D eigenvalue weighted by Crippen LogP contribution is -2.30. The Kier molecular flexibility index (Phi) is 5.66. The highest BCUT2D eigenvalue weighted by Gasteiger charge is 2.31. The Morgan fingerprint density at radius 3 is 2.76 bits per heavy atom. The number of nitrogens with one attached hydrogen (secondary N) is 2. The Morgan fingerprint density at radius 2 is 2.06 bits per heavy atom. The average Bonchev–Trinajstić information content (AvgIpc) is 3.46. The summed E-state index contributed by atoms with van der Waals surface area (Å²) in [6.07, 6.45) is -0.421. The highest BCUT2D eigenvalue weighted by atomic mass is 19.4. The Labute approximate surface area is 185 Å². The maximum atomic E-state index is 12.7. The number of carbonyl (C=O) groups excluding carboxylic acids is 2. The fraction of sp³-hybridized carbons (Fsp3) is 0.316. The second-order valence-corrected chi connectivity index (χ2v) is 7.29. The first-order chi connectivity index (χ1) is 15.6. The van der Waals surface area contributed by atoms with Crippen molar-refractivity contribution in [1.82, 2.24) is 24.6 Å². The number of nitrogens with zero attached hydrogens (tertiary/aromatic N) is 6. The van der Waals surface area contributed by atoms with E-state index in [1.54, 1.807) is 20.3 Å². The van der Waals surface area contributed by atoms with Crippen molar-refractivity contribution in [2.75, 3.05) is 42.2 Å². The quantitative estimate of drug-likeness (QED) is 0.575. The zero-order valence-electron chi connectivity index (χ0n) is 17.5. The summed E-state index contributed by atoms with van der Waals surface area (Å²) in [5.74, 6) is -0.295. The van der Waals surface area contributed by atoms with Crippen molar-refractivity contribution in [2.24, 2.45) is 7.05 Å². The maximum absolute atomic E-state index is 12.7. The number of hydrogen-bond donors (Lipinski definition) is 2. The number of pyridine rings is 1. The van der Waals surface area contributed by atoms with Crippen LogP contribution in [0, 0.1) is 0 Å². The van der Waals surface area contributed by atoms with Crippen LogP contribution < -0.4 is 15.5 Å². The number of urea groups is 1. The van der Waals surface area contributed by atoms with Crippen molar-refractivity contribution < 1.29 is 27.2 Å². The predicted octanol–water partition coefficient (Wildman–Crippen LogP) is 2.57. The summed E-state index contributed by atoms with van der Waals surface area (Å²) in [6.45, 7) is -0.289. The van der Waals surface area contributed by atoms with E-state index >= 15 is 0 Å². The van der Waals surface area contributed by atoms with Gasteiger partial charge in [0.15, 0.2) is 11.5 Å². The van der Waals surface area contributed by atoms with Crippen LogP contribution >= 0.6 is 0 Å². The summed E-state index contributed by atoms with van der Waals surface area (Å²) in [5.41, 5.74) is 0.589. The molecule has 2 N–H and O–H groups in total. The van der Waals surface area contributed by atoms with Crippen molar-refractivity contribution in [2.45, 2.75) is 6.18 Å². The minimum absolute atomic E-state index is 0.0192. The van der Waals surface area contributed by atoms with Crippen LogP contribution in [0.5, 0.6) is 0 Å². The number of aryl methyl sites for hydroxylation is 1. The van der Waals surface area contributed by atoms with Gasteiger partial charge in [0, 0.05) is 38.9 Å². The Balaban J connectivity index is 1.49. The second-order valence-electron chi connectivity index (χ2n) is 7.29. The van der Waals surface area contributed by atoms with Gasteiger partial charge in [0.1, 0.15) is 24.3 Å². The van der Waals surface area contributed by atoms with Crippen molar-refractivity contribution >= 4 is 29.3 Å². The molecule has 1 saturated heterocycles. The van der Waals surface area contributed by atoms with Gasteiger partial charge in [0.05, 0.1) is 6.20 Å². The molecule has 4 rings (SSSR count). The fourth-order valence-corrected chi connectivity index (χ4v) is 3.16. The van der Waals surface area contributed by atoms with Crippen molar-refractivity contribution in [3.63, 3.8) is 0 Å². The molecule has 0 bridgehead atoms. The molecule has 3 aromatic rings. The summed E-state index contributed by atoms with van der Waals surface area (Å²) < 4.78 is 44.0. The van der Waals surface area contributed by atoms with Crippen LogP contribution in [-0.4, -0.2) is 69.4 Å². The van der Waals surface area contributed by atoms with Gasteiger partial charge >= 0.3 is 12.2 Å². The lowest BCUT2D eigenvalue weighted by atomic mass is 10.2. The number of halogens is 3. The largest absolute Gasteiger partial charge is 0.444 e. The third-order valence-corrected chi connectivity index (χ3v) is 4.74. The Morgan fingerprint density at radius 1 is 1.27 bits per heavy atom. The van der Waals surface area contributed by atoms with Crippen LogP contribution in [0.25, 0.3) is 11.5 Å². The van der Waals surface area contributed by atoms with E-state index in [2.05, 4.69) is 25.7 Å². The molecule has 3 amide bonds. The lowest BCUT2D eigenvalue weighted by molar-refractivity contribution is -0.115. The van der Waals surface area contributed by atoms with Crippen molar-refractivity contribution in [3.8, 4) is 11.5 Å². The molecule has 1 aliphatic heterocycles. The van der Waals surface area contributed by atoms with E-state index in [4.69, 9.17) is 4.42 Å². The first kappa shape index (κ1) is 22.1. The number of oxazole rings is 1. The molecule has 0 atom stereocenters. The van der Waals surface area contributed by atoms with E-state index < -0.39 is 18.6 Å². The van der Waals surface area contributed by atoms with E-state index in [0.717, 1.165) is 6.26 Å². The minimum Gasteiger partial charge on any atom is -0.444 e. The van der Waals surface area contributed by atoms with Crippen LogP contribution in [-0.2, 0) is 7.05 Å².